The number of methoxy groups -OCH3 is 1. The second-order valence-electron chi connectivity index (χ2n) is 2.30. The Balaban J connectivity index is 2.71. The lowest BCUT2D eigenvalue weighted by Gasteiger charge is -2.05. The van der Waals surface area contributed by atoms with Crippen molar-refractivity contribution in [3.05, 3.63) is 29.8 Å². The van der Waals surface area contributed by atoms with Crippen LogP contribution in [0.4, 0.5) is 0 Å². The SMILES string of the molecule is COc1ccc(CS(=O)[O-])cc1. The lowest BCUT2D eigenvalue weighted by Crippen LogP contribution is -1.92. The van der Waals surface area contributed by atoms with Gasteiger partial charge < -0.3 is 9.29 Å². The van der Waals surface area contributed by atoms with Crippen molar-refractivity contribution < 1.29 is 13.5 Å². The fourth-order valence-electron chi connectivity index (χ4n) is 0.858. The first kappa shape index (κ1) is 9.22. The van der Waals surface area contributed by atoms with Crippen LogP contribution in [0.3, 0.4) is 0 Å². The third-order valence-electron chi connectivity index (χ3n) is 1.44. The monoisotopic (exact) mass is 185 g/mol. The maximum absolute atomic E-state index is 10.3. The van der Waals surface area contributed by atoms with E-state index in [1.807, 2.05) is 0 Å². The summed E-state index contributed by atoms with van der Waals surface area (Å²) in [6, 6.07) is 6.94. The van der Waals surface area contributed by atoms with Crippen molar-refractivity contribution in [1.29, 1.82) is 0 Å². The van der Waals surface area contributed by atoms with Crippen LogP contribution in [0.15, 0.2) is 24.3 Å². The summed E-state index contributed by atoms with van der Waals surface area (Å²) in [6.07, 6.45) is 0. The summed E-state index contributed by atoms with van der Waals surface area (Å²) < 4.78 is 25.5. The van der Waals surface area contributed by atoms with Gasteiger partial charge in [-0.1, -0.05) is 23.2 Å². The topological polar surface area (TPSA) is 49.4 Å². The van der Waals surface area contributed by atoms with E-state index in [1.165, 1.54) is 0 Å². The Labute approximate surface area is 73.7 Å². The van der Waals surface area contributed by atoms with E-state index in [2.05, 4.69) is 0 Å². The van der Waals surface area contributed by atoms with Gasteiger partial charge in [0.2, 0.25) is 0 Å². The van der Waals surface area contributed by atoms with Gasteiger partial charge in [0.05, 0.1) is 7.11 Å². The highest BCUT2D eigenvalue weighted by atomic mass is 32.2. The Morgan fingerprint density at radius 1 is 1.42 bits per heavy atom. The van der Waals surface area contributed by atoms with E-state index in [0.29, 0.717) is 0 Å². The van der Waals surface area contributed by atoms with Crippen LogP contribution in [0.25, 0.3) is 0 Å². The van der Waals surface area contributed by atoms with Crippen LogP contribution >= 0.6 is 0 Å². The molecule has 0 N–H and O–H groups in total. The summed E-state index contributed by atoms with van der Waals surface area (Å²) in [4.78, 5) is 0. The largest absolute Gasteiger partial charge is 0.772 e. The summed E-state index contributed by atoms with van der Waals surface area (Å²) in [5.74, 6) is 0.791. The van der Waals surface area contributed by atoms with Gasteiger partial charge in [0.25, 0.3) is 0 Å². The van der Waals surface area contributed by atoms with E-state index in [1.54, 1.807) is 31.4 Å². The molecule has 0 saturated carbocycles. The first-order valence-corrected chi connectivity index (χ1v) is 4.65. The number of rotatable bonds is 3. The molecule has 0 fully saturated rings. The predicted molar refractivity (Wildman–Crippen MR) is 45.6 cm³/mol. The molecule has 0 aliphatic rings. The summed E-state index contributed by atoms with van der Waals surface area (Å²) in [5, 5.41) is 0. The minimum atomic E-state index is -2.02. The second kappa shape index (κ2) is 4.23. The van der Waals surface area contributed by atoms with Gasteiger partial charge in [-0.25, -0.2) is 0 Å². The van der Waals surface area contributed by atoms with Crippen molar-refractivity contribution in [1.82, 2.24) is 0 Å². The highest BCUT2D eigenvalue weighted by Gasteiger charge is 1.93. The molecule has 1 unspecified atom stereocenters. The Morgan fingerprint density at radius 3 is 2.42 bits per heavy atom. The summed E-state index contributed by atoms with van der Waals surface area (Å²) in [7, 11) is 1.57. The molecule has 0 heterocycles. The average molecular weight is 185 g/mol. The third-order valence-corrected chi connectivity index (χ3v) is 2.01. The van der Waals surface area contributed by atoms with Gasteiger partial charge in [-0.15, -0.1) is 0 Å². The number of benzene rings is 1. The van der Waals surface area contributed by atoms with Crippen molar-refractivity contribution >= 4 is 11.1 Å². The molecule has 3 nitrogen and oxygen atoms in total. The van der Waals surface area contributed by atoms with E-state index in [0.717, 1.165) is 11.3 Å². The zero-order valence-electron chi connectivity index (χ0n) is 6.65. The van der Waals surface area contributed by atoms with Crippen LogP contribution in [-0.2, 0) is 16.8 Å². The van der Waals surface area contributed by atoms with Crippen molar-refractivity contribution in [2.24, 2.45) is 0 Å². The Hall–Kier alpha value is -0.870. The fraction of sp³-hybridized carbons (Fsp3) is 0.250. The highest BCUT2D eigenvalue weighted by molar-refractivity contribution is 7.78. The molecular formula is C8H9O3S-. The third kappa shape index (κ3) is 2.64. The summed E-state index contributed by atoms with van der Waals surface area (Å²) in [6.45, 7) is 0. The number of hydrogen-bond acceptors (Lipinski definition) is 3. The summed E-state index contributed by atoms with van der Waals surface area (Å²) >= 11 is -2.02. The Kier molecular flexibility index (Phi) is 3.25. The molecule has 1 atom stereocenters. The summed E-state index contributed by atoms with van der Waals surface area (Å²) in [5.41, 5.74) is 0.768. The lowest BCUT2D eigenvalue weighted by molar-refractivity contribution is 0.414. The number of ether oxygens (including phenoxy) is 1. The fourth-order valence-corrected chi connectivity index (χ4v) is 1.32. The second-order valence-corrected chi connectivity index (χ2v) is 3.19. The standard InChI is InChI=1S/C8H10O3S/c1-11-8-4-2-7(3-5-8)6-12(9)10/h2-5H,6H2,1H3,(H,9,10)/p-1. The van der Waals surface area contributed by atoms with Gasteiger partial charge in [-0.2, -0.15) is 0 Å². The van der Waals surface area contributed by atoms with Gasteiger partial charge in [-0.05, 0) is 17.7 Å². The van der Waals surface area contributed by atoms with Gasteiger partial charge in [0, 0.05) is 5.75 Å². The van der Waals surface area contributed by atoms with Crippen molar-refractivity contribution in [2.45, 2.75) is 5.75 Å². The zero-order valence-corrected chi connectivity index (χ0v) is 7.47. The Bertz CT molecular complexity index is 268. The van der Waals surface area contributed by atoms with E-state index in [4.69, 9.17) is 4.74 Å². The molecule has 66 valence electrons. The molecule has 0 bridgehead atoms. The zero-order chi connectivity index (χ0) is 8.97. The molecule has 1 rings (SSSR count). The predicted octanol–water partition coefficient (Wildman–Crippen LogP) is 1.07. The minimum absolute atomic E-state index is 0.0595. The van der Waals surface area contributed by atoms with Crippen LogP contribution in [0, 0.1) is 0 Å². The quantitative estimate of drug-likeness (QED) is 0.662. The van der Waals surface area contributed by atoms with Gasteiger partial charge in [0.15, 0.2) is 0 Å². The molecule has 0 radical (unpaired) electrons. The molecule has 0 spiro atoms. The van der Waals surface area contributed by atoms with E-state index < -0.39 is 11.1 Å². The van der Waals surface area contributed by atoms with Crippen LogP contribution in [0.5, 0.6) is 5.75 Å². The van der Waals surface area contributed by atoms with Gasteiger partial charge in [-0.3, -0.25) is 4.21 Å². The normalized spacial score (nSPS) is 12.5. The van der Waals surface area contributed by atoms with E-state index in [9.17, 15) is 8.76 Å². The molecule has 0 saturated heterocycles. The molecular weight excluding hydrogens is 176 g/mol. The lowest BCUT2D eigenvalue weighted by atomic mass is 10.2. The molecule has 0 aliphatic heterocycles. The van der Waals surface area contributed by atoms with Gasteiger partial charge >= 0.3 is 0 Å². The molecule has 0 amide bonds. The van der Waals surface area contributed by atoms with Crippen molar-refractivity contribution in [3.63, 3.8) is 0 Å². The van der Waals surface area contributed by atoms with E-state index in [-0.39, 0.29) is 5.75 Å². The molecule has 1 aromatic carbocycles. The van der Waals surface area contributed by atoms with Crippen molar-refractivity contribution in [3.8, 4) is 5.75 Å². The molecule has 0 aliphatic carbocycles. The average Bonchev–Trinajstić information content (AvgIpc) is 2.05. The van der Waals surface area contributed by atoms with Crippen LogP contribution in [-0.4, -0.2) is 15.9 Å². The maximum Gasteiger partial charge on any atom is 0.118 e. The Morgan fingerprint density at radius 2 is 2.00 bits per heavy atom. The minimum Gasteiger partial charge on any atom is -0.772 e. The molecule has 1 aromatic rings. The highest BCUT2D eigenvalue weighted by Crippen LogP contribution is 2.11. The van der Waals surface area contributed by atoms with Crippen LogP contribution < -0.4 is 4.74 Å². The smallest absolute Gasteiger partial charge is 0.118 e. The van der Waals surface area contributed by atoms with Crippen molar-refractivity contribution in [2.75, 3.05) is 7.11 Å². The molecule has 12 heavy (non-hydrogen) atoms. The van der Waals surface area contributed by atoms with E-state index >= 15 is 0 Å². The first-order valence-electron chi connectivity index (χ1n) is 3.41. The van der Waals surface area contributed by atoms with Gasteiger partial charge in [0.1, 0.15) is 5.75 Å². The first-order chi connectivity index (χ1) is 5.72. The maximum atomic E-state index is 10.3. The van der Waals surface area contributed by atoms with Crippen LogP contribution in [0.1, 0.15) is 5.56 Å². The molecule has 0 aromatic heterocycles. The number of hydrogen-bond donors (Lipinski definition) is 0. The van der Waals surface area contributed by atoms with Crippen LogP contribution in [0.2, 0.25) is 0 Å². The molecule has 4 heteroatoms.